The van der Waals surface area contributed by atoms with Crippen molar-refractivity contribution in [2.75, 3.05) is 26.7 Å². The van der Waals surface area contributed by atoms with E-state index in [2.05, 4.69) is 5.32 Å². The maximum absolute atomic E-state index is 12.0. The Bertz CT molecular complexity index is 562. The van der Waals surface area contributed by atoms with Crippen molar-refractivity contribution in [1.29, 1.82) is 0 Å². The zero-order valence-corrected chi connectivity index (χ0v) is 14.4. The van der Waals surface area contributed by atoms with Crippen LogP contribution in [0.3, 0.4) is 0 Å². The highest BCUT2D eigenvalue weighted by Gasteiger charge is 2.19. The number of hydrogen-bond acceptors (Lipinski definition) is 4. The predicted molar refractivity (Wildman–Crippen MR) is 90.7 cm³/mol. The summed E-state index contributed by atoms with van der Waals surface area (Å²) in [5.74, 6) is 0.853. The van der Waals surface area contributed by atoms with E-state index in [0.29, 0.717) is 26.1 Å². The highest BCUT2D eigenvalue weighted by atomic mass is 16.5. The van der Waals surface area contributed by atoms with E-state index < -0.39 is 6.10 Å². The average molecular weight is 334 g/mol. The molecule has 0 spiro atoms. The van der Waals surface area contributed by atoms with Gasteiger partial charge in [-0.1, -0.05) is 12.1 Å². The van der Waals surface area contributed by atoms with Gasteiger partial charge in [0.05, 0.1) is 13.7 Å². The summed E-state index contributed by atoms with van der Waals surface area (Å²) in [6, 6.07) is 7.57. The largest absolute Gasteiger partial charge is 0.497 e. The van der Waals surface area contributed by atoms with Crippen LogP contribution in [0.15, 0.2) is 24.3 Å². The average Bonchev–Trinajstić information content (AvgIpc) is 3.01. The third-order valence-corrected chi connectivity index (χ3v) is 4.08. The van der Waals surface area contributed by atoms with E-state index in [0.717, 1.165) is 30.7 Å². The Morgan fingerprint density at radius 1 is 1.42 bits per heavy atom. The molecule has 1 saturated heterocycles. The second-order valence-corrected chi connectivity index (χ2v) is 5.93. The number of carbonyl (C=O) groups excluding carboxylic acids is 2. The van der Waals surface area contributed by atoms with Crippen molar-refractivity contribution in [2.24, 2.45) is 0 Å². The van der Waals surface area contributed by atoms with Crippen LogP contribution in [0.2, 0.25) is 0 Å². The van der Waals surface area contributed by atoms with Crippen molar-refractivity contribution in [1.82, 2.24) is 10.2 Å². The summed E-state index contributed by atoms with van der Waals surface area (Å²) >= 11 is 0. The zero-order valence-electron chi connectivity index (χ0n) is 14.4. The Balaban J connectivity index is 1.63. The molecule has 6 heteroatoms. The lowest BCUT2D eigenvalue weighted by Crippen LogP contribution is -2.36. The number of ether oxygens (including phenoxy) is 2. The van der Waals surface area contributed by atoms with E-state index in [9.17, 15) is 9.59 Å². The maximum Gasteiger partial charge on any atom is 0.248 e. The van der Waals surface area contributed by atoms with Crippen LogP contribution in [0.4, 0.5) is 0 Å². The SMILES string of the molecule is COc1cccc(COC(C)C(=O)NCCCN2CCCC2=O)c1. The van der Waals surface area contributed by atoms with Crippen molar-refractivity contribution in [3.8, 4) is 5.75 Å². The van der Waals surface area contributed by atoms with Gasteiger partial charge in [0.25, 0.3) is 0 Å². The van der Waals surface area contributed by atoms with E-state index in [1.54, 1.807) is 14.0 Å². The first-order valence-electron chi connectivity index (χ1n) is 8.40. The van der Waals surface area contributed by atoms with Gasteiger partial charge in [0.2, 0.25) is 11.8 Å². The minimum atomic E-state index is -0.524. The van der Waals surface area contributed by atoms with Crippen LogP contribution in [0.25, 0.3) is 0 Å². The number of amides is 2. The molecule has 0 aliphatic carbocycles. The molecule has 2 rings (SSSR count). The first kappa shape index (κ1) is 18.3. The summed E-state index contributed by atoms with van der Waals surface area (Å²) in [5, 5.41) is 2.85. The summed E-state index contributed by atoms with van der Waals surface area (Å²) in [5.41, 5.74) is 0.960. The van der Waals surface area contributed by atoms with Crippen molar-refractivity contribution in [3.05, 3.63) is 29.8 Å². The van der Waals surface area contributed by atoms with E-state index in [1.807, 2.05) is 29.2 Å². The van der Waals surface area contributed by atoms with Crippen LogP contribution >= 0.6 is 0 Å². The molecule has 1 aromatic rings. The van der Waals surface area contributed by atoms with E-state index in [-0.39, 0.29) is 11.8 Å². The van der Waals surface area contributed by atoms with Gasteiger partial charge in [0, 0.05) is 26.1 Å². The van der Waals surface area contributed by atoms with Gasteiger partial charge in [-0.25, -0.2) is 0 Å². The molecule has 1 unspecified atom stereocenters. The summed E-state index contributed by atoms with van der Waals surface area (Å²) in [6.07, 6.45) is 1.84. The normalized spacial score (nSPS) is 15.4. The topological polar surface area (TPSA) is 67.9 Å². The van der Waals surface area contributed by atoms with Gasteiger partial charge < -0.3 is 19.7 Å². The predicted octanol–water partition coefficient (Wildman–Crippen LogP) is 1.73. The molecular formula is C18H26N2O4. The molecule has 1 atom stereocenters. The maximum atomic E-state index is 12.0. The molecule has 1 aliphatic rings. The fraction of sp³-hybridized carbons (Fsp3) is 0.556. The van der Waals surface area contributed by atoms with Gasteiger partial charge >= 0.3 is 0 Å². The third kappa shape index (κ3) is 5.53. The molecular weight excluding hydrogens is 308 g/mol. The van der Waals surface area contributed by atoms with E-state index >= 15 is 0 Å². The molecule has 1 fully saturated rings. The Morgan fingerprint density at radius 3 is 2.96 bits per heavy atom. The van der Waals surface area contributed by atoms with Gasteiger partial charge in [0.1, 0.15) is 11.9 Å². The van der Waals surface area contributed by atoms with E-state index in [1.165, 1.54) is 0 Å². The number of nitrogens with one attached hydrogen (secondary N) is 1. The number of carbonyl (C=O) groups is 2. The number of methoxy groups -OCH3 is 1. The Hall–Kier alpha value is -2.08. The fourth-order valence-corrected chi connectivity index (χ4v) is 2.62. The van der Waals surface area contributed by atoms with Crippen molar-refractivity contribution >= 4 is 11.8 Å². The van der Waals surface area contributed by atoms with Crippen molar-refractivity contribution < 1.29 is 19.1 Å². The molecule has 6 nitrogen and oxygen atoms in total. The lowest BCUT2D eigenvalue weighted by atomic mass is 10.2. The minimum Gasteiger partial charge on any atom is -0.497 e. The fourth-order valence-electron chi connectivity index (χ4n) is 2.62. The summed E-state index contributed by atoms with van der Waals surface area (Å²) in [7, 11) is 1.62. The number of nitrogens with zero attached hydrogens (tertiary/aromatic N) is 1. The molecule has 0 saturated carbocycles. The van der Waals surface area contributed by atoms with Crippen LogP contribution < -0.4 is 10.1 Å². The molecule has 1 N–H and O–H groups in total. The Morgan fingerprint density at radius 2 is 2.25 bits per heavy atom. The number of hydrogen-bond donors (Lipinski definition) is 1. The van der Waals surface area contributed by atoms with Crippen LogP contribution in [0.5, 0.6) is 5.75 Å². The van der Waals surface area contributed by atoms with Gasteiger partial charge in [0.15, 0.2) is 0 Å². The highest BCUT2D eigenvalue weighted by Crippen LogP contribution is 2.14. The molecule has 0 radical (unpaired) electrons. The van der Waals surface area contributed by atoms with Crippen LogP contribution in [-0.2, 0) is 20.9 Å². The molecule has 1 aromatic carbocycles. The lowest BCUT2D eigenvalue weighted by Gasteiger charge is -2.17. The highest BCUT2D eigenvalue weighted by molar-refractivity contribution is 5.80. The molecule has 0 bridgehead atoms. The Labute approximate surface area is 143 Å². The second kappa shape index (κ2) is 9.27. The molecule has 1 aliphatic heterocycles. The lowest BCUT2D eigenvalue weighted by molar-refractivity contribution is -0.132. The first-order chi connectivity index (χ1) is 11.6. The summed E-state index contributed by atoms with van der Waals surface area (Å²) in [4.78, 5) is 25.3. The monoisotopic (exact) mass is 334 g/mol. The summed E-state index contributed by atoms with van der Waals surface area (Å²) < 4.78 is 10.8. The number of likely N-dealkylation sites (tertiary alicyclic amines) is 1. The summed E-state index contributed by atoms with van der Waals surface area (Å²) in [6.45, 7) is 4.19. The van der Waals surface area contributed by atoms with Crippen molar-refractivity contribution in [3.63, 3.8) is 0 Å². The molecule has 1 heterocycles. The molecule has 2 amide bonds. The molecule has 0 aromatic heterocycles. The van der Waals surface area contributed by atoms with Crippen LogP contribution in [0, 0.1) is 0 Å². The van der Waals surface area contributed by atoms with Gasteiger partial charge in [-0.15, -0.1) is 0 Å². The van der Waals surface area contributed by atoms with E-state index in [4.69, 9.17) is 9.47 Å². The standard InChI is InChI=1S/C18H26N2O4/c1-14(24-13-15-6-3-7-16(12-15)23-2)18(22)19-9-5-11-20-10-4-8-17(20)21/h3,6-7,12,14H,4-5,8-11,13H2,1-2H3,(H,19,22). The smallest absolute Gasteiger partial charge is 0.248 e. The second-order valence-electron chi connectivity index (χ2n) is 5.93. The quantitative estimate of drug-likeness (QED) is 0.699. The number of benzene rings is 1. The molecule has 24 heavy (non-hydrogen) atoms. The van der Waals surface area contributed by atoms with Crippen LogP contribution in [-0.4, -0.2) is 49.6 Å². The minimum absolute atomic E-state index is 0.134. The first-order valence-corrected chi connectivity index (χ1v) is 8.40. The zero-order chi connectivity index (χ0) is 17.4. The molecule has 132 valence electrons. The van der Waals surface area contributed by atoms with Gasteiger partial charge in [-0.05, 0) is 37.5 Å². The van der Waals surface area contributed by atoms with Crippen LogP contribution in [0.1, 0.15) is 31.7 Å². The Kier molecular flexibility index (Phi) is 7.06. The van der Waals surface area contributed by atoms with Crippen molar-refractivity contribution in [2.45, 2.75) is 38.9 Å². The van der Waals surface area contributed by atoms with Gasteiger partial charge in [-0.3, -0.25) is 9.59 Å². The van der Waals surface area contributed by atoms with Gasteiger partial charge in [-0.2, -0.15) is 0 Å². The number of rotatable bonds is 9. The third-order valence-electron chi connectivity index (χ3n) is 4.08.